The zero-order valence-electron chi connectivity index (χ0n) is 16.4. The molecule has 0 atom stereocenters. The van der Waals surface area contributed by atoms with Crippen LogP contribution in [-0.4, -0.2) is 22.6 Å². The Morgan fingerprint density at radius 2 is 1.84 bits per heavy atom. The van der Waals surface area contributed by atoms with E-state index in [1.165, 1.54) is 18.2 Å². The van der Waals surface area contributed by atoms with Crippen molar-refractivity contribution in [1.82, 2.24) is 4.98 Å². The summed E-state index contributed by atoms with van der Waals surface area (Å²) in [6.07, 6.45) is 0. The van der Waals surface area contributed by atoms with Gasteiger partial charge in [-0.05, 0) is 42.5 Å². The average Bonchev–Trinajstić information content (AvgIpc) is 3.27. The topological polar surface area (TPSA) is 104 Å². The van der Waals surface area contributed by atoms with Gasteiger partial charge in [0.05, 0.1) is 21.7 Å². The molecule has 0 unspecified atom stereocenters. The summed E-state index contributed by atoms with van der Waals surface area (Å²) in [6.45, 7) is 0.158. The Kier molecular flexibility index (Phi) is 4.84. The Morgan fingerprint density at radius 1 is 1.03 bits per heavy atom. The van der Waals surface area contributed by atoms with Crippen LogP contribution in [0.5, 0.6) is 11.5 Å². The van der Waals surface area contributed by atoms with Crippen LogP contribution in [-0.2, 0) is 0 Å². The second-order valence-electron chi connectivity index (χ2n) is 7.02. The zero-order chi connectivity index (χ0) is 22.2. The molecule has 0 saturated heterocycles. The van der Waals surface area contributed by atoms with Gasteiger partial charge in [-0.3, -0.25) is 14.9 Å². The summed E-state index contributed by atoms with van der Waals surface area (Å²) in [5, 5.41) is 14.5. The summed E-state index contributed by atoms with van der Waals surface area (Å²) in [4.78, 5) is 28.4. The summed E-state index contributed by atoms with van der Waals surface area (Å²) in [5.41, 5.74) is 2.32. The van der Waals surface area contributed by atoms with Crippen molar-refractivity contribution in [3.63, 3.8) is 0 Å². The van der Waals surface area contributed by atoms with Crippen molar-refractivity contribution >= 4 is 39.8 Å². The van der Waals surface area contributed by atoms with Crippen LogP contribution in [0.1, 0.15) is 10.4 Å². The molecule has 0 bridgehead atoms. The number of fused-ring (bicyclic) bond motifs is 2. The fourth-order valence-electron chi connectivity index (χ4n) is 3.50. The van der Waals surface area contributed by atoms with Crippen LogP contribution in [0, 0.1) is 10.1 Å². The molecule has 3 aromatic carbocycles. The number of amides is 1. The molecule has 9 heteroatoms. The van der Waals surface area contributed by atoms with Crippen molar-refractivity contribution < 1.29 is 19.2 Å². The molecule has 1 aliphatic heterocycles. The zero-order valence-corrected chi connectivity index (χ0v) is 17.1. The van der Waals surface area contributed by atoms with Crippen LogP contribution in [0.25, 0.3) is 22.2 Å². The monoisotopic (exact) mass is 447 g/mol. The molecule has 4 aromatic rings. The normalized spacial score (nSPS) is 12.0. The maximum Gasteiger partial charge on any atom is 0.289 e. The number of hydrogen-bond acceptors (Lipinski definition) is 6. The van der Waals surface area contributed by atoms with Crippen LogP contribution in [0.3, 0.4) is 0 Å². The van der Waals surface area contributed by atoms with Gasteiger partial charge >= 0.3 is 0 Å². The molecular weight excluding hydrogens is 434 g/mol. The standard InChI is InChI=1S/C23H14ClN3O5/c24-17-7-6-14(10-20(17)27(29)30)25-23(28)16-11-19(26-18-4-2-1-3-15(16)18)13-5-8-21-22(9-13)32-12-31-21/h1-11H,12H2,(H,25,28). The van der Waals surface area contributed by atoms with Gasteiger partial charge in [-0.2, -0.15) is 0 Å². The molecular formula is C23H14ClN3O5. The predicted molar refractivity (Wildman–Crippen MR) is 119 cm³/mol. The highest BCUT2D eigenvalue weighted by Gasteiger charge is 2.19. The van der Waals surface area contributed by atoms with E-state index in [2.05, 4.69) is 10.3 Å². The van der Waals surface area contributed by atoms with Crippen LogP contribution in [0.4, 0.5) is 11.4 Å². The number of carbonyl (C=O) groups is 1. The van der Waals surface area contributed by atoms with Gasteiger partial charge in [0, 0.05) is 22.7 Å². The van der Waals surface area contributed by atoms with Gasteiger partial charge in [0.15, 0.2) is 11.5 Å². The minimum atomic E-state index is -0.600. The molecule has 0 fully saturated rings. The van der Waals surface area contributed by atoms with E-state index in [0.29, 0.717) is 33.7 Å². The van der Waals surface area contributed by atoms with Crippen molar-refractivity contribution in [1.29, 1.82) is 0 Å². The number of para-hydroxylation sites is 1. The molecule has 0 radical (unpaired) electrons. The third kappa shape index (κ3) is 3.57. The number of hydrogen-bond donors (Lipinski definition) is 1. The molecule has 0 aliphatic carbocycles. The minimum absolute atomic E-state index is 0.00699. The van der Waals surface area contributed by atoms with Crippen LogP contribution in [0.15, 0.2) is 66.7 Å². The molecule has 1 aromatic heterocycles. The largest absolute Gasteiger partial charge is 0.454 e. The molecule has 1 aliphatic rings. The average molecular weight is 448 g/mol. The first kappa shape index (κ1) is 19.8. The lowest BCUT2D eigenvalue weighted by atomic mass is 10.0. The number of aromatic nitrogens is 1. The Balaban J connectivity index is 1.57. The highest BCUT2D eigenvalue weighted by atomic mass is 35.5. The highest BCUT2D eigenvalue weighted by Crippen LogP contribution is 2.36. The first-order chi connectivity index (χ1) is 15.5. The van der Waals surface area contributed by atoms with Gasteiger partial charge in [0.1, 0.15) is 5.02 Å². The van der Waals surface area contributed by atoms with E-state index in [1.807, 2.05) is 30.3 Å². The molecule has 1 amide bonds. The van der Waals surface area contributed by atoms with E-state index in [1.54, 1.807) is 18.2 Å². The summed E-state index contributed by atoms with van der Waals surface area (Å²) in [5.74, 6) is 0.830. The van der Waals surface area contributed by atoms with Gasteiger partial charge in [0.2, 0.25) is 6.79 Å². The van der Waals surface area contributed by atoms with Gasteiger partial charge in [-0.25, -0.2) is 4.98 Å². The smallest absolute Gasteiger partial charge is 0.289 e. The SMILES string of the molecule is O=C(Nc1ccc(Cl)c([N+](=O)[O-])c1)c1cc(-c2ccc3c(c2)OCO3)nc2ccccc12. The maximum atomic E-state index is 13.2. The van der Waals surface area contributed by atoms with Crippen molar-refractivity contribution in [2.75, 3.05) is 12.1 Å². The lowest BCUT2D eigenvalue weighted by Gasteiger charge is -2.11. The van der Waals surface area contributed by atoms with Crippen LogP contribution >= 0.6 is 11.6 Å². The quantitative estimate of drug-likeness (QED) is 0.330. The number of pyridine rings is 1. The van der Waals surface area contributed by atoms with E-state index in [4.69, 9.17) is 21.1 Å². The maximum absolute atomic E-state index is 13.2. The van der Waals surface area contributed by atoms with Gasteiger partial charge in [0.25, 0.3) is 11.6 Å². The van der Waals surface area contributed by atoms with E-state index in [9.17, 15) is 14.9 Å². The molecule has 0 spiro atoms. The second-order valence-corrected chi connectivity index (χ2v) is 7.42. The van der Waals surface area contributed by atoms with Gasteiger partial charge in [-0.1, -0.05) is 29.8 Å². The van der Waals surface area contributed by atoms with Crippen molar-refractivity contribution in [2.24, 2.45) is 0 Å². The Labute approximate surface area is 186 Å². The van der Waals surface area contributed by atoms with E-state index >= 15 is 0 Å². The summed E-state index contributed by atoms with van der Waals surface area (Å²) < 4.78 is 10.8. The molecule has 2 heterocycles. The Bertz CT molecular complexity index is 1410. The van der Waals surface area contributed by atoms with Crippen LogP contribution < -0.4 is 14.8 Å². The molecule has 0 saturated carbocycles. The first-order valence-corrected chi connectivity index (χ1v) is 9.92. The minimum Gasteiger partial charge on any atom is -0.454 e. The van der Waals surface area contributed by atoms with Gasteiger partial charge < -0.3 is 14.8 Å². The second kappa shape index (κ2) is 7.82. The Morgan fingerprint density at radius 3 is 2.69 bits per heavy atom. The number of anilines is 1. The molecule has 32 heavy (non-hydrogen) atoms. The first-order valence-electron chi connectivity index (χ1n) is 9.55. The number of nitro groups is 1. The van der Waals surface area contributed by atoms with E-state index in [0.717, 1.165) is 5.56 Å². The molecule has 1 N–H and O–H groups in total. The van der Waals surface area contributed by atoms with E-state index < -0.39 is 10.8 Å². The number of carbonyl (C=O) groups excluding carboxylic acids is 1. The number of nitrogens with one attached hydrogen (secondary N) is 1. The third-order valence-corrected chi connectivity index (χ3v) is 5.35. The number of halogens is 1. The molecule has 8 nitrogen and oxygen atoms in total. The summed E-state index contributed by atoms with van der Waals surface area (Å²) >= 11 is 5.87. The fraction of sp³-hybridized carbons (Fsp3) is 0.0435. The summed E-state index contributed by atoms with van der Waals surface area (Å²) in [6, 6.07) is 18.5. The van der Waals surface area contributed by atoms with Gasteiger partial charge in [-0.15, -0.1) is 0 Å². The van der Waals surface area contributed by atoms with E-state index in [-0.39, 0.29) is 23.2 Å². The lowest BCUT2D eigenvalue weighted by Crippen LogP contribution is -2.13. The molecule has 158 valence electrons. The number of rotatable bonds is 4. The van der Waals surface area contributed by atoms with Crippen molar-refractivity contribution in [3.8, 4) is 22.8 Å². The third-order valence-electron chi connectivity index (χ3n) is 5.03. The van der Waals surface area contributed by atoms with Crippen molar-refractivity contribution in [3.05, 3.63) is 87.4 Å². The number of benzene rings is 3. The van der Waals surface area contributed by atoms with Crippen LogP contribution in [0.2, 0.25) is 5.02 Å². The fourth-order valence-corrected chi connectivity index (χ4v) is 3.68. The Hall–Kier alpha value is -4.17. The molecule has 5 rings (SSSR count). The summed E-state index contributed by atoms with van der Waals surface area (Å²) in [7, 11) is 0. The van der Waals surface area contributed by atoms with Crippen molar-refractivity contribution in [2.45, 2.75) is 0 Å². The lowest BCUT2D eigenvalue weighted by molar-refractivity contribution is -0.384. The number of nitro benzene ring substituents is 1. The number of nitrogens with zero attached hydrogens (tertiary/aromatic N) is 2. The predicted octanol–water partition coefficient (Wildman–Crippen LogP) is 5.44. The highest BCUT2D eigenvalue weighted by molar-refractivity contribution is 6.32. The number of ether oxygens (including phenoxy) is 2.